The van der Waals surface area contributed by atoms with Gasteiger partial charge in [0.2, 0.25) is 0 Å². The first-order chi connectivity index (χ1) is 8.58. The van der Waals surface area contributed by atoms with Gasteiger partial charge in [-0.25, -0.2) is 0 Å². The van der Waals surface area contributed by atoms with Crippen molar-refractivity contribution in [1.29, 1.82) is 0 Å². The zero-order valence-corrected chi connectivity index (χ0v) is 11.8. The van der Waals surface area contributed by atoms with Gasteiger partial charge in [-0.2, -0.15) is 0 Å². The number of benzene rings is 1. The standard InChI is InChI=1S/C14H15Cl2NO/c1-9(2)17-8-14-11(5-6-18-14)10-3-4-12(15)13(16)7-10/h3-7,9,17H,8H2,1-2H3. The Bertz CT molecular complexity index is 534. The molecule has 0 radical (unpaired) electrons. The monoisotopic (exact) mass is 283 g/mol. The van der Waals surface area contributed by atoms with E-state index >= 15 is 0 Å². The van der Waals surface area contributed by atoms with Gasteiger partial charge in [-0.15, -0.1) is 0 Å². The molecule has 18 heavy (non-hydrogen) atoms. The van der Waals surface area contributed by atoms with Crippen LogP contribution in [0.3, 0.4) is 0 Å². The maximum absolute atomic E-state index is 6.03. The Labute approximate surface area is 117 Å². The van der Waals surface area contributed by atoms with Crippen LogP contribution in [0.25, 0.3) is 11.1 Å². The van der Waals surface area contributed by atoms with E-state index in [0.29, 0.717) is 22.6 Å². The highest BCUT2D eigenvalue weighted by Crippen LogP contribution is 2.31. The molecule has 0 unspecified atom stereocenters. The average molecular weight is 284 g/mol. The van der Waals surface area contributed by atoms with Crippen molar-refractivity contribution in [2.45, 2.75) is 26.4 Å². The van der Waals surface area contributed by atoms with Crippen LogP contribution in [-0.2, 0) is 6.54 Å². The van der Waals surface area contributed by atoms with Gasteiger partial charge in [-0.05, 0) is 23.8 Å². The summed E-state index contributed by atoms with van der Waals surface area (Å²) in [7, 11) is 0. The fourth-order valence-corrected chi connectivity index (χ4v) is 1.99. The second-order valence-corrected chi connectivity index (χ2v) is 5.24. The van der Waals surface area contributed by atoms with Gasteiger partial charge in [0.15, 0.2) is 0 Å². The Balaban J connectivity index is 2.27. The third-order valence-corrected chi connectivity index (χ3v) is 3.39. The summed E-state index contributed by atoms with van der Waals surface area (Å²) in [5.41, 5.74) is 2.06. The lowest BCUT2D eigenvalue weighted by molar-refractivity contribution is 0.466. The van der Waals surface area contributed by atoms with Crippen molar-refractivity contribution in [3.8, 4) is 11.1 Å². The second kappa shape index (κ2) is 5.79. The van der Waals surface area contributed by atoms with Crippen molar-refractivity contribution in [3.05, 3.63) is 46.3 Å². The van der Waals surface area contributed by atoms with E-state index in [1.54, 1.807) is 12.3 Å². The fourth-order valence-electron chi connectivity index (χ4n) is 1.70. The first-order valence-corrected chi connectivity index (χ1v) is 6.58. The lowest BCUT2D eigenvalue weighted by Gasteiger charge is -2.08. The summed E-state index contributed by atoms with van der Waals surface area (Å²) < 4.78 is 5.50. The normalized spacial score (nSPS) is 11.2. The van der Waals surface area contributed by atoms with Crippen molar-refractivity contribution in [2.75, 3.05) is 0 Å². The number of halogens is 2. The van der Waals surface area contributed by atoms with Crippen molar-refractivity contribution < 1.29 is 4.42 Å². The highest BCUT2D eigenvalue weighted by molar-refractivity contribution is 6.42. The molecular formula is C14H15Cl2NO. The molecule has 1 aromatic carbocycles. The second-order valence-electron chi connectivity index (χ2n) is 4.42. The van der Waals surface area contributed by atoms with Gasteiger partial charge in [0.1, 0.15) is 5.76 Å². The fraction of sp³-hybridized carbons (Fsp3) is 0.286. The van der Waals surface area contributed by atoms with E-state index in [1.807, 2.05) is 18.2 Å². The highest BCUT2D eigenvalue weighted by atomic mass is 35.5. The van der Waals surface area contributed by atoms with E-state index in [1.165, 1.54) is 0 Å². The number of rotatable bonds is 4. The summed E-state index contributed by atoms with van der Waals surface area (Å²) in [5, 5.41) is 4.45. The molecule has 0 spiro atoms. The lowest BCUT2D eigenvalue weighted by atomic mass is 10.1. The summed E-state index contributed by atoms with van der Waals surface area (Å²) in [4.78, 5) is 0. The molecule has 0 aliphatic carbocycles. The summed E-state index contributed by atoms with van der Waals surface area (Å²) in [6.45, 7) is 4.89. The maximum atomic E-state index is 6.03. The van der Waals surface area contributed by atoms with Crippen LogP contribution in [0.1, 0.15) is 19.6 Å². The van der Waals surface area contributed by atoms with Gasteiger partial charge >= 0.3 is 0 Å². The number of hydrogen-bond donors (Lipinski definition) is 1. The molecule has 0 saturated heterocycles. The van der Waals surface area contributed by atoms with Crippen LogP contribution in [0.5, 0.6) is 0 Å². The van der Waals surface area contributed by atoms with Crippen LogP contribution in [0.4, 0.5) is 0 Å². The molecule has 4 heteroatoms. The van der Waals surface area contributed by atoms with Crippen LogP contribution >= 0.6 is 23.2 Å². The summed E-state index contributed by atoms with van der Waals surface area (Å²) in [6.07, 6.45) is 1.69. The third kappa shape index (κ3) is 3.08. The predicted molar refractivity (Wildman–Crippen MR) is 76.1 cm³/mol. The summed E-state index contributed by atoms with van der Waals surface area (Å²) >= 11 is 11.9. The molecule has 0 aliphatic rings. The largest absolute Gasteiger partial charge is 0.467 e. The zero-order chi connectivity index (χ0) is 13.1. The summed E-state index contributed by atoms with van der Waals surface area (Å²) in [6, 6.07) is 7.95. The SMILES string of the molecule is CC(C)NCc1occc1-c1ccc(Cl)c(Cl)c1. The zero-order valence-electron chi connectivity index (χ0n) is 10.3. The van der Waals surface area contributed by atoms with Gasteiger partial charge in [0.05, 0.1) is 22.9 Å². The van der Waals surface area contributed by atoms with Gasteiger partial charge in [0, 0.05) is 11.6 Å². The Morgan fingerprint density at radius 2 is 1.94 bits per heavy atom. The minimum atomic E-state index is 0.414. The Hall–Kier alpha value is -0.960. The molecule has 0 bridgehead atoms. The first-order valence-electron chi connectivity index (χ1n) is 5.83. The van der Waals surface area contributed by atoms with E-state index in [0.717, 1.165) is 16.9 Å². The van der Waals surface area contributed by atoms with Crippen LogP contribution < -0.4 is 5.32 Å². The molecule has 0 saturated carbocycles. The maximum Gasteiger partial charge on any atom is 0.125 e. The lowest BCUT2D eigenvalue weighted by Crippen LogP contribution is -2.21. The minimum Gasteiger partial charge on any atom is -0.467 e. The summed E-state index contributed by atoms with van der Waals surface area (Å²) in [5.74, 6) is 0.905. The van der Waals surface area contributed by atoms with Crippen LogP contribution in [0, 0.1) is 0 Å². The Kier molecular flexibility index (Phi) is 4.33. The smallest absolute Gasteiger partial charge is 0.125 e. The van der Waals surface area contributed by atoms with Gasteiger partial charge in [-0.1, -0.05) is 43.1 Å². The van der Waals surface area contributed by atoms with E-state index in [4.69, 9.17) is 27.6 Å². The Morgan fingerprint density at radius 1 is 1.17 bits per heavy atom. The molecule has 1 aromatic heterocycles. The van der Waals surface area contributed by atoms with E-state index in [2.05, 4.69) is 19.2 Å². The number of nitrogens with one attached hydrogen (secondary N) is 1. The van der Waals surface area contributed by atoms with Gasteiger partial charge in [-0.3, -0.25) is 0 Å². The number of furan rings is 1. The topological polar surface area (TPSA) is 25.2 Å². The van der Waals surface area contributed by atoms with Crippen LogP contribution in [0.2, 0.25) is 10.0 Å². The molecular weight excluding hydrogens is 269 g/mol. The molecule has 2 nitrogen and oxygen atoms in total. The number of hydrogen-bond acceptors (Lipinski definition) is 2. The predicted octanol–water partition coefficient (Wildman–Crippen LogP) is 4.75. The van der Waals surface area contributed by atoms with Crippen LogP contribution in [-0.4, -0.2) is 6.04 Å². The first kappa shape index (κ1) is 13.5. The van der Waals surface area contributed by atoms with E-state index in [-0.39, 0.29) is 0 Å². The van der Waals surface area contributed by atoms with Crippen molar-refractivity contribution in [1.82, 2.24) is 5.32 Å². The third-order valence-electron chi connectivity index (χ3n) is 2.65. The van der Waals surface area contributed by atoms with Crippen molar-refractivity contribution in [2.24, 2.45) is 0 Å². The quantitative estimate of drug-likeness (QED) is 0.876. The van der Waals surface area contributed by atoms with Gasteiger partial charge in [0.25, 0.3) is 0 Å². The van der Waals surface area contributed by atoms with Crippen molar-refractivity contribution >= 4 is 23.2 Å². The average Bonchev–Trinajstić information content (AvgIpc) is 2.78. The molecule has 0 atom stereocenters. The molecule has 0 amide bonds. The van der Waals surface area contributed by atoms with E-state index in [9.17, 15) is 0 Å². The van der Waals surface area contributed by atoms with Gasteiger partial charge < -0.3 is 9.73 Å². The molecule has 2 rings (SSSR count). The van der Waals surface area contributed by atoms with E-state index < -0.39 is 0 Å². The molecule has 0 aliphatic heterocycles. The van der Waals surface area contributed by atoms with Crippen LogP contribution in [0.15, 0.2) is 34.9 Å². The molecule has 96 valence electrons. The molecule has 1 heterocycles. The molecule has 0 fully saturated rings. The Morgan fingerprint density at radius 3 is 2.61 bits per heavy atom. The molecule has 2 aromatic rings. The molecule has 1 N–H and O–H groups in total. The van der Waals surface area contributed by atoms with Crippen molar-refractivity contribution in [3.63, 3.8) is 0 Å². The highest BCUT2D eigenvalue weighted by Gasteiger charge is 2.10. The minimum absolute atomic E-state index is 0.414.